The van der Waals surface area contributed by atoms with E-state index in [1.54, 1.807) is 0 Å². The van der Waals surface area contributed by atoms with Crippen LogP contribution in [0.4, 0.5) is 0 Å². The number of hydrogen-bond donors (Lipinski definition) is 3. The van der Waals surface area contributed by atoms with Gasteiger partial charge in [-0.2, -0.15) is 0 Å². The third-order valence-corrected chi connectivity index (χ3v) is 5.71. The average Bonchev–Trinajstić information content (AvgIpc) is 2.91. The lowest BCUT2D eigenvalue weighted by molar-refractivity contribution is -0.122. The largest absolute Gasteiger partial charge is 0.379 e. The summed E-state index contributed by atoms with van der Waals surface area (Å²) in [7, 11) is 0. The fourth-order valence-corrected chi connectivity index (χ4v) is 3.52. The van der Waals surface area contributed by atoms with Gasteiger partial charge in [-0.15, -0.1) is 0 Å². The van der Waals surface area contributed by atoms with E-state index >= 15 is 0 Å². The van der Waals surface area contributed by atoms with Crippen molar-refractivity contribution in [1.82, 2.24) is 15.2 Å². The highest BCUT2D eigenvalue weighted by molar-refractivity contribution is 5.75. The number of carbonyl (C=O) groups excluding carboxylic acids is 1. The van der Waals surface area contributed by atoms with Crippen LogP contribution in [0.5, 0.6) is 0 Å². The summed E-state index contributed by atoms with van der Waals surface area (Å²) >= 11 is 0. The van der Waals surface area contributed by atoms with E-state index in [4.69, 9.17) is 30.5 Å². The van der Waals surface area contributed by atoms with Gasteiger partial charge in [0.1, 0.15) is 0 Å². The molecule has 208 valence electrons. The molecule has 0 spiro atoms. The van der Waals surface area contributed by atoms with Crippen molar-refractivity contribution in [2.75, 3.05) is 85.6 Å². The smallest absolute Gasteiger partial charge is 0.222 e. The third kappa shape index (κ3) is 16.3. The topological polar surface area (TPSA) is 125 Å². The van der Waals surface area contributed by atoms with Gasteiger partial charge in [0.25, 0.3) is 0 Å². The minimum atomic E-state index is -0.0604. The Balaban J connectivity index is 1.39. The fourth-order valence-electron chi connectivity index (χ4n) is 3.52. The van der Waals surface area contributed by atoms with E-state index in [1.165, 1.54) is 0 Å². The fraction of sp³-hybridized carbons (Fsp3) is 0.593. The summed E-state index contributed by atoms with van der Waals surface area (Å²) in [4.78, 5) is 14.5. The van der Waals surface area contributed by atoms with E-state index in [0.717, 1.165) is 43.9 Å². The summed E-state index contributed by atoms with van der Waals surface area (Å²) in [5.74, 6) is 5.69. The van der Waals surface area contributed by atoms with Crippen molar-refractivity contribution in [2.45, 2.75) is 19.5 Å². The average molecular weight is 520 g/mol. The molecule has 1 fully saturated rings. The number of ether oxygens (including phenoxy) is 4. The maximum atomic E-state index is 12.1. The molecule has 5 N–H and O–H groups in total. The molecule has 1 aromatic carbocycles. The number of hydrazine groups is 1. The molecule has 0 radical (unpaired) electrons. The van der Waals surface area contributed by atoms with E-state index in [0.29, 0.717) is 72.4 Å². The van der Waals surface area contributed by atoms with E-state index in [9.17, 15) is 4.79 Å². The van der Waals surface area contributed by atoms with Crippen molar-refractivity contribution in [1.29, 1.82) is 0 Å². The minimum Gasteiger partial charge on any atom is -0.379 e. The second-order valence-corrected chi connectivity index (χ2v) is 8.65. The maximum Gasteiger partial charge on any atom is 0.222 e. The molecular formula is C27H45N5O5. The van der Waals surface area contributed by atoms with Gasteiger partial charge in [-0.3, -0.25) is 15.5 Å². The van der Waals surface area contributed by atoms with E-state index in [2.05, 4.69) is 10.2 Å². The number of nitrogens with two attached hydrogens (primary N) is 2. The molecule has 0 unspecified atom stereocenters. The highest BCUT2D eigenvalue weighted by atomic mass is 16.6. The summed E-state index contributed by atoms with van der Waals surface area (Å²) in [5.41, 5.74) is 7.78. The van der Waals surface area contributed by atoms with Gasteiger partial charge in [-0.1, -0.05) is 48.5 Å². The summed E-state index contributed by atoms with van der Waals surface area (Å²) < 4.78 is 22.1. The van der Waals surface area contributed by atoms with Gasteiger partial charge in [0.15, 0.2) is 0 Å². The zero-order valence-corrected chi connectivity index (χ0v) is 22.0. The second-order valence-electron chi connectivity index (χ2n) is 8.65. The molecule has 0 bridgehead atoms. The van der Waals surface area contributed by atoms with Crippen LogP contribution < -0.4 is 16.9 Å². The molecule has 1 aromatic rings. The van der Waals surface area contributed by atoms with Gasteiger partial charge in [0, 0.05) is 52.2 Å². The molecule has 1 aliphatic rings. The number of hydrogen-bond acceptors (Lipinski definition) is 9. The molecular weight excluding hydrogens is 474 g/mol. The van der Waals surface area contributed by atoms with Crippen LogP contribution in [0.2, 0.25) is 0 Å². The summed E-state index contributed by atoms with van der Waals surface area (Å²) in [5, 5.41) is 4.78. The van der Waals surface area contributed by atoms with Crippen LogP contribution in [0, 0.1) is 0 Å². The molecule has 10 nitrogen and oxygen atoms in total. The Bertz CT molecular complexity index is 791. The molecule has 1 heterocycles. The first-order valence-corrected chi connectivity index (χ1v) is 13.1. The van der Waals surface area contributed by atoms with Crippen molar-refractivity contribution in [2.24, 2.45) is 11.6 Å². The Labute approximate surface area is 221 Å². The zero-order valence-electron chi connectivity index (χ0n) is 22.0. The number of piperazine rings is 1. The molecule has 1 saturated heterocycles. The predicted octanol–water partition coefficient (Wildman–Crippen LogP) is 0.834. The van der Waals surface area contributed by atoms with Gasteiger partial charge < -0.3 is 30.0 Å². The minimum absolute atomic E-state index is 0.0604. The molecule has 0 atom stereocenters. The van der Waals surface area contributed by atoms with Crippen molar-refractivity contribution >= 4 is 5.91 Å². The number of amides is 1. The Kier molecular flexibility index (Phi) is 17.5. The predicted molar refractivity (Wildman–Crippen MR) is 144 cm³/mol. The van der Waals surface area contributed by atoms with Crippen LogP contribution in [0.3, 0.4) is 0 Å². The van der Waals surface area contributed by atoms with Crippen molar-refractivity contribution in [3.8, 4) is 0 Å². The molecule has 1 amide bonds. The van der Waals surface area contributed by atoms with Crippen molar-refractivity contribution in [3.63, 3.8) is 0 Å². The number of nitrogens with one attached hydrogen (secondary N) is 1. The first-order valence-electron chi connectivity index (χ1n) is 13.1. The molecule has 2 rings (SSSR count). The van der Waals surface area contributed by atoms with Crippen LogP contribution in [0.15, 0.2) is 48.5 Å². The molecule has 0 aromatic heterocycles. The molecule has 1 aliphatic heterocycles. The Morgan fingerprint density at radius 1 is 0.757 bits per heavy atom. The second kappa shape index (κ2) is 20.9. The molecule has 0 aliphatic carbocycles. The number of rotatable bonds is 18. The molecule has 0 saturated carbocycles. The summed E-state index contributed by atoms with van der Waals surface area (Å²) in [6.07, 6.45) is 0.297. The normalized spacial score (nSPS) is 14.3. The molecule has 10 heteroatoms. The van der Waals surface area contributed by atoms with Crippen LogP contribution >= 0.6 is 0 Å². The van der Waals surface area contributed by atoms with Crippen LogP contribution in [0.1, 0.15) is 17.5 Å². The van der Waals surface area contributed by atoms with Gasteiger partial charge >= 0.3 is 0 Å². The number of nitrogens with zero attached hydrogens (tertiary/aromatic N) is 2. The standard InChI is InChI=1S/C27H45N5O5/c28-23-25-6-4-2-1-3-5-7-26(22-25)24-30-27(33)8-14-34-16-18-36-20-21-37-19-17-35-15-13-31-9-11-32(29)12-10-31/h1-7,22H,8-21,23-24,28-29H2,(H,30,33). The van der Waals surface area contributed by atoms with Gasteiger partial charge in [-0.05, 0) is 11.1 Å². The third-order valence-electron chi connectivity index (χ3n) is 5.71. The van der Waals surface area contributed by atoms with Crippen LogP contribution in [0.25, 0.3) is 0 Å². The summed E-state index contributed by atoms with van der Waals surface area (Å²) in [6.45, 7) is 9.70. The summed E-state index contributed by atoms with van der Waals surface area (Å²) in [6, 6.07) is 15.7. The van der Waals surface area contributed by atoms with Crippen LogP contribution in [-0.4, -0.2) is 101 Å². The van der Waals surface area contributed by atoms with E-state index in [1.807, 2.05) is 53.5 Å². The molecule has 37 heavy (non-hydrogen) atoms. The Hall–Kier alpha value is -2.15. The van der Waals surface area contributed by atoms with Gasteiger partial charge in [-0.25, -0.2) is 5.01 Å². The first kappa shape index (κ1) is 31.1. The van der Waals surface area contributed by atoms with Gasteiger partial charge in [0.05, 0.1) is 52.9 Å². The van der Waals surface area contributed by atoms with Crippen molar-refractivity contribution in [3.05, 3.63) is 59.7 Å². The van der Waals surface area contributed by atoms with Crippen LogP contribution in [-0.2, 0) is 36.8 Å². The highest BCUT2D eigenvalue weighted by Gasteiger charge is 2.13. The zero-order chi connectivity index (χ0) is 26.4. The lowest BCUT2D eigenvalue weighted by Gasteiger charge is -2.31. The SMILES string of the molecule is NCc1cccccccc(CNC(=O)CCOCCOCCOCCOCCN2CCN(N)CC2)c1. The maximum absolute atomic E-state index is 12.1. The first-order chi connectivity index (χ1) is 18.2. The number of carbonyl (C=O) groups is 1. The Morgan fingerprint density at radius 3 is 1.92 bits per heavy atom. The van der Waals surface area contributed by atoms with E-state index < -0.39 is 0 Å². The van der Waals surface area contributed by atoms with Gasteiger partial charge in [0.2, 0.25) is 5.91 Å². The van der Waals surface area contributed by atoms with Crippen molar-refractivity contribution < 1.29 is 23.7 Å². The quantitative estimate of drug-likeness (QED) is 0.191. The monoisotopic (exact) mass is 519 g/mol. The lowest BCUT2D eigenvalue weighted by Crippen LogP contribution is -2.50. The lowest BCUT2D eigenvalue weighted by atomic mass is 10.2. The Morgan fingerprint density at radius 2 is 1.30 bits per heavy atom. The van der Waals surface area contributed by atoms with E-state index in [-0.39, 0.29) is 5.91 Å². The highest BCUT2D eigenvalue weighted by Crippen LogP contribution is 2.01.